The zero-order chi connectivity index (χ0) is 9.56. The van der Waals surface area contributed by atoms with Crippen molar-refractivity contribution in [2.75, 3.05) is 13.7 Å². The summed E-state index contributed by atoms with van der Waals surface area (Å²) >= 11 is 0. The van der Waals surface area contributed by atoms with Crippen molar-refractivity contribution in [3.63, 3.8) is 0 Å². The van der Waals surface area contributed by atoms with Crippen LogP contribution < -0.4 is 0 Å². The molecule has 0 aromatic carbocycles. The van der Waals surface area contributed by atoms with Gasteiger partial charge in [0.25, 0.3) is 0 Å². The van der Waals surface area contributed by atoms with Crippen LogP contribution >= 0.6 is 0 Å². The molecular formula is C7H16N2O3. The Bertz CT molecular complexity index is 141. The molecular weight excluding hydrogens is 160 g/mol. The molecule has 0 aliphatic rings. The van der Waals surface area contributed by atoms with Crippen molar-refractivity contribution in [1.29, 1.82) is 0 Å². The van der Waals surface area contributed by atoms with Gasteiger partial charge in [0.15, 0.2) is 11.3 Å². The molecule has 12 heavy (non-hydrogen) atoms. The lowest BCUT2D eigenvalue weighted by Gasteiger charge is -2.16. The number of rotatable bonds is 6. The minimum Gasteiger partial charge on any atom is -0.353 e. The average molecular weight is 176 g/mol. The smallest absolute Gasteiger partial charge is 0.183 e. The number of hydrogen-bond acceptors (Lipinski definition) is 3. The summed E-state index contributed by atoms with van der Waals surface area (Å²) in [7, 11) is 1.40. The average Bonchev–Trinajstić information content (AvgIpc) is 2.03. The second kappa shape index (κ2) is 5.77. The lowest BCUT2D eigenvalue weighted by Crippen LogP contribution is -2.36. The van der Waals surface area contributed by atoms with Gasteiger partial charge >= 0.3 is 0 Å². The van der Waals surface area contributed by atoms with E-state index in [9.17, 15) is 10.1 Å². The Kier molecular flexibility index (Phi) is 5.36. The second-order valence-corrected chi connectivity index (χ2v) is 2.64. The Morgan fingerprint density at radius 1 is 1.67 bits per heavy atom. The molecule has 0 radical (unpaired) electrons. The number of nitro groups is 1. The molecule has 0 spiro atoms. The Labute approximate surface area is 72.4 Å². The fourth-order valence-electron chi connectivity index (χ4n) is 0.639. The van der Waals surface area contributed by atoms with Gasteiger partial charge in [-0.05, 0) is 13.3 Å². The third-order valence-electron chi connectivity index (χ3n) is 1.64. The molecule has 0 saturated carbocycles. The molecule has 0 aromatic heterocycles. The van der Waals surface area contributed by atoms with E-state index in [1.807, 2.05) is 6.92 Å². The molecule has 0 aliphatic heterocycles. The Hall–Kier alpha value is -0.840. The SMILES string of the molecule is CCCCOC(C)N(C)[N+](=O)[O-]. The third kappa shape index (κ3) is 4.12. The van der Waals surface area contributed by atoms with Gasteiger partial charge < -0.3 is 4.74 Å². The molecule has 0 amide bonds. The van der Waals surface area contributed by atoms with Gasteiger partial charge in [-0.15, -0.1) is 5.01 Å². The summed E-state index contributed by atoms with van der Waals surface area (Å²) in [5, 5.41) is 10.7. The summed E-state index contributed by atoms with van der Waals surface area (Å²) in [5.41, 5.74) is 0. The standard InChI is InChI=1S/C7H16N2O3/c1-4-5-6-12-7(2)8(3)9(10)11/h7H,4-6H2,1-3H3. The molecule has 0 aliphatic carbocycles. The molecule has 0 bridgehead atoms. The highest BCUT2D eigenvalue weighted by molar-refractivity contribution is 4.40. The first-order valence-corrected chi connectivity index (χ1v) is 4.08. The highest BCUT2D eigenvalue weighted by Crippen LogP contribution is 1.99. The van der Waals surface area contributed by atoms with Crippen LogP contribution in [0.15, 0.2) is 0 Å². The zero-order valence-electron chi connectivity index (χ0n) is 7.82. The van der Waals surface area contributed by atoms with Crippen LogP contribution in [0, 0.1) is 10.1 Å². The lowest BCUT2D eigenvalue weighted by atomic mass is 10.4. The Morgan fingerprint density at radius 2 is 2.25 bits per heavy atom. The highest BCUT2D eigenvalue weighted by atomic mass is 16.7. The van der Waals surface area contributed by atoms with Gasteiger partial charge in [0, 0.05) is 6.61 Å². The maximum absolute atomic E-state index is 10.2. The molecule has 72 valence electrons. The monoisotopic (exact) mass is 176 g/mol. The van der Waals surface area contributed by atoms with E-state index in [1.54, 1.807) is 6.92 Å². The van der Waals surface area contributed by atoms with Gasteiger partial charge in [-0.25, -0.2) is 10.1 Å². The third-order valence-corrected chi connectivity index (χ3v) is 1.64. The normalized spacial score (nSPS) is 12.6. The summed E-state index contributed by atoms with van der Waals surface area (Å²) in [5.74, 6) is 0. The first kappa shape index (κ1) is 11.2. The molecule has 0 saturated heterocycles. The summed E-state index contributed by atoms with van der Waals surface area (Å²) in [6.45, 7) is 4.29. The lowest BCUT2D eigenvalue weighted by molar-refractivity contribution is -0.668. The number of unbranched alkanes of at least 4 members (excludes halogenated alkanes) is 1. The van der Waals surface area contributed by atoms with E-state index in [4.69, 9.17) is 4.74 Å². The van der Waals surface area contributed by atoms with Gasteiger partial charge in [-0.2, -0.15) is 0 Å². The van der Waals surface area contributed by atoms with Crippen molar-refractivity contribution >= 4 is 0 Å². The van der Waals surface area contributed by atoms with Crippen LogP contribution in [0.5, 0.6) is 0 Å². The van der Waals surface area contributed by atoms with Crippen molar-refractivity contribution in [2.45, 2.75) is 32.9 Å². The second-order valence-electron chi connectivity index (χ2n) is 2.64. The van der Waals surface area contributed by atoms with Crippen LogP contribution in [0.3, 0.4) is 0 Å². The van der Waals surface area contributed by atoms with Crippen LogP contribution in [0.1, 0.15) is 26.7 Å². The van der Waals surface area contributed by atoms with Crippen molar-refractivity contribution in [1.82, 2.24) is 5.01 Å². The van der Waals surface area contributed by atoms with E-state index in [0.717, 1.165) is 17.9 Å². The van der Waals surface area contributed by atoms with E-state index in [1.165, 1.54) is 7.05 Å². The molecule has 1 unspecified atom stereocenters. The molecule has 0 aromatic rings. The first-order valence-electron chi connectivity index (χ1n) is 4.08. The van der Waals surface area contributed by atoms with E-state index < -0.39 is 11.3 Å². The van der Waals surface area contributed by atoms with E-state index in [2.05, 4.69) is 0 Å². The first-order chi connectivity index (χ1) is 5.59. The molecule has 5 heteroatoms. The molecule has 0 rings (SSSR count). The minimum atomic E-state index is -0.476. The van der Waals surface area contributed by atoms with Crippen LogP contribution in [-0.4, -0.2) is 29.9 Å². The Morgan fingerprint density at radius 3 is 2.67 bits per heavy atom. The largest absolute Gasteiger partial charge is 0.353 e. The predicted molar refractivity (Wildman–Crippen MR) is 45.1 cm³/mol. The van der Waals surface area contributed by atoms with Crippen LogP contribution in [0.25, 0.3) is 0 Å². The minimum absolute atomic E-state index is 0.452. The quantitative estimate of drug-likeness (QED) is 0.265. The maximum Gasteiger partial charge on any atom is 0.183 e. The maximum atomic E-state index is 10.2. The molecule has 0 N–H and O–H groups in total. The summed E-state index contributed by atoms with van der Waals surface area (Å²) in [6, 6.07) is 0. The van der Waals surface area contributed by atoms with E-state index >= 15 is 0 Å². The number of hydrogen-bond donors (Lipinski definition) is 0. The van der Waals surface area contributed by atoms with Crippen molar-refractivity contribution < 1.29 is 9.77 Å². The number of nitrogens with zero attached hydrogens (tertiary/aromatic N) is 2. The molecule has 1 atom stereocenters. The van der Waals surface area contributed by atoms with Crippen molar-refractivity contribution in [2.24, 2.45) is 0 Å². The van der Waals surface area contributed by atoms with Crippen molar-refractivity contribution in [3.8, 4) is 0 Å². The zero-order valence-corrected chi connectivity index (χ0v) is 7.82. The Balaban J connectivity index is 3.56. The van der Waals surface area contributed by atoms with Gasteiger partial charge in [0.05, 0.1) is 7.05 Å². The number of hydrazine groups is 1. The number of ether oxygens (including phenoxy) is 1. The highest BCUT2D eigenvalue weighted by Gasteiger charge is 2.16. The van der Waals surface area contributed by atoms with E-state index in [-0.39, 0.29) is 0 Å². The molecule has 0 fully saturated rings. The van der Waals surface area contributed by atoms with E-state index in [0.29, 0.717) is 6.61 Å². The van der Waals surface area contributed by atoms with Gasteiger partial charge in [0.1, 0.15) is 0 Å². The topological polar surface area (TPSA) is 55.6 Å². The summed E-state index contributed by atoms with van der Waals surface area (Å²) < 4.78 is 5.19. The van der Waals surface area contributed by atoms with Crippen LogP contribution in [0.4, 0.5) is 0 Å². The predicted octanol–water partition coefficient (Wildman–Crippen LogP) is 1.27. The fraction of sp³-hybridized carbons (Fsp3) is 1.00. The van der Waals surface area contributed by atoms with Gasteiger partial charge in [-0.3, -0.25) is 0 Å². The van der Waals surface area contributed by atoms with Gasteiger partial charge in [0.2, 0.25) is 0 Å². The van der Waals surface area contributed by atoms with Crippen LogP contribution in [-0.2, 0) is 4.74 Å². The fourth-order valence-corrected chi connectivity index (χ4v) is 0.639. The molecule has 0 heterocycles. The van der Waals surface area contributed by atoms with Crippen LogP contribution in [0.2, 0.25) is 0 Å². The summed E-state index contributed by atoms with van der Waals surface area (Å²) in [4.78, 5) is 10.2. The summed E-state index contributed by atoms with van der Waals surface area (Å²) in [6.07, 6.45) is 1.52. The van der Waals surface area contributed by atoms with Gasteiger partial charge in [-0.1, -0.05) is 13.3 Å². The van der Waals surface area contributed by atoms with Crippen molar-refractivity contribution in [3.05, 3.63) is 10.1 Å². The molecule has 5 nitrogen and oxygen atoms in total.